The zero-order chi connectivity index (χ0) is 13.8. The Labute approximate surface area is 118 Å². The number of hydrogen-bond acceptors (Lipinski definition) is 2. The topological polar surface area (TPSA) is 56.9 Å². The molecule has 1 aliphatic rings. The lowest BCUT2D eigenvalue weighted by Gasteiger charge is -2.09. The molecule has 2 aromatic rings. The third-order valence-corrected chi connectivity index (χ3v) is 4.03. The number of amides is 1. The van der Waals surface area contributed by atoms with Crippen LogP contribution in [0, 0.1) is 5.92 Å². The zero-order valence-corrected chi connectivity index (χ0v) is 11.6. The monoisotopic (exact) mass is 271 g/mol. The highest BCUT2D eigenvalue weighted by Crippen LogP contribution is 2.18. The van der Waals surface area contributed by atoms with Gasteiger partial charge in [-0.25, -0.2) is 0 Å². The smallest absolute Gasteiger partial charge is 0.224 e. The summed E-state index contributed by atoms with van der Waals surface area (Å²) in [6.07, 6.45) is 5.02. The number of aromatic nitrogens is 1. The quantitative estimate of drug-likeness (QED) is 0.727. The molecule has 0 aliphatic carbocycles. The van der Waals surface area contributed by atoms with E-state index < -0.39 is 0 Å². The Bertz CT molecular complexity index is 584. The predicted molar refractivity (Wildman–Crippen MR) is 80.6 cm³/mol. The van der Waals surface area contributed by atoms with E-state index in [-0.39, 0.29) is 11.8 Å². The molecule has 1 atom stereocenters. The summed E-state index contributed by atoms with van der Waals surface area (Å²) in [7, 11) is 0. The Morgan fingerprint density at radius 3 is 3.10 bits per heavy atom. The predicted octanol–water partition coefficient (Wildman–Crippen LogP) is 1.83. The molecule has 2 heterocycles. The largest absolute Gasteiger partial charge is 0.361 e. The van der Waals surface area contributed by atoms with Gasteiger partial charge >= 0.3 is 0 Å². The van der Waals surface area contributed by atoms with Crippen molar-refractivity contribution in [3.05, 3.63) is 36.0 Å². The van der Waals surface area contributed by atoms with E-state index in [2.05, 4.69) is 40.0 Å². The van der Waals surface area contributed by atoms with E-state index in [4.69, 9.17) is 0 Å². The lowest BCUT2D eigenvalue weighted by molar-refractivity contribution is -0.124. The molecule has 0 radical (unpaired) electrons. The molecule has 3 rings (SSSR count). The molecule has 1 saturated heterocycles. The van der Waals surface area contributed by atoms with Gasteiger partial charge in [0.15, 0.2) is 0 Å². The Morgan fingerprint density at radius 1 is 1.35 bits per heavy atom. The maximum Gasteiger partial charge on any atom is 0.224 e. The van der Waals surface area contributed by atoms with Crippen molar-refractivity contribution in [3.63, 3.8) is 0 Å². The Kier molecular flexibility index (Phi) is 4.02. The summed E-state index contributed by atoms with van der Waals surface area (Å²) >= 11 is 0. The molecule has 20 heavy (non-hydrogen) atoms. The van der Waals surface area contributed by atoms with Crippen molar-refractivity contribution in [2.75, 3.05) is 19.6 Å². The first kappa shape index (κ1) is 13.2. The molecular weight excluding hydrogens is 250 g/mol. The van der Waals surface area contributed by atoms with E-state index in [1.165, 1.54) is 16.5 Å². The number of para-hydroxylation sites is 1. The zero-order valence-electron chi connectivity index (χ0n) is 11.6. The van der Waals surface area contributed by atoms with Crippen LogP contribution in [-0.2, 0) is 11.2 Å². The normalized spacial score (nSPS) is 18.5. The molecule has 0 spiro atoms. The minimum absolute atomic E-state index is 0.170. The number of H-pyrrole nitrogens is 1. The molecule has 0 bridgehead atoms. The SMILES string of the molecule is O=C(NCCCc1c[nH]c2ccccc12)C1CCNC1. The molecule has 4 heteroatoms. The number of nitrogens with one attached hydrogen (secondary N) is 3. The van der Waals surface area contributed by atoms with Crippen LogP contribution in [0.1, 0.15) is 18.4 Å². The van der Waals surface area contributed by atoms with E-state index in [0.29, 0.717) is 0 Å². The number of fused-ring (bicyclic) bond motifs is 1. The molecule has 1 aromatic heterocycles. The van der Waals surface area contributed by atoms with Crippen LogP contribution in [0.25, 0.3) is 10.9 Å². The minimum atomic E-state index is 0.170. The van der Waals surface area contributed by atoms with Gasteiger partial charge in [0.25, 0.3) is 0 Å². The molecule has 1 unspecified atom stereocenters. The molecular formula is C16H21N3O. The fraction of sp³-hybridized carbons (Fsp3) is 0.438. The number of aromatic amines is 1. The van der Waals surface area contributed by atoms with E-state index in [1.807, 2.05) is 6.07 Å². The van der Waals surface area contributed by atoms with E-state index in [0.717, 1.165) is 38.9 Å². The second-order valence-electron chi connectivity index (χ2n) is 5.44. The standard InChI is InChI=1S/C16H21N3O/c20-16(13-7-9-17-10-13)18-8-3-4-12-11-19-15-6-2-1-5-14(12)15/h1-2,5-6,11,13,17,19H,3-4,7-10H2,(H,18,20). The van der Waals surface area contributed by atoms with Crippen LogP contribution >= 0.6 is 0 Å². The van der Waals surface area contributed by atoms with Gasteiger partial charge in [-0.1, -0.05) is 18.2 Å². The van der Waals surface area contributed by atoms with Gasteiger partial charge in [0, 0.05) is 30.2 Å². The van der Waals surface area contributed by atoms with Crippen LogP contribution < -0.4 is 10.6 Å². The van der Waals surface area contributed by atoms with Crippen LogP contribution in [-0.4, -0.2) is 30.5 Å². The number of carbonyl (C=O) groups is 1. The summed E-state index contributed by atoms with van der Waals surface area (Å²) in [4.78, 5) is 15.1. The molecule has 3 N–H and O–H groups in total. The van der Waals surface area contributed by atoms with Gasteiger partial charge < -0.3 is 15.6 Å². The van der Waals surface area contributed by atoms with Gasteiger partial charge in [-0.15, -0.1) is 0 Å². The average molecular weight is 271 g/mol. The summed E-state index contributed by atoms with van der Waals surface area (Å²) in [5.41, 5.74) is 2.51. The van der Waals surface area contributed by atoms with Gasteiger partial charge in [-0.05, 0) is 37.4 Å². The third-order valence-electron chi connectivity index (χ3n) is 4.03. The van der Waals surface area contributed by atoms with Crippen molar-refractivity contribution in [2.45, 2.75) is 19.3 Å². The number of hydrogen-bond donors (Lipinski definition) is 3. The highest BCUT2D eigenvalue weighted by atomic mass is 16.1. The maximum atomic E-state index is 11.9. The van der Waals surface area contributed by atoms with Crippen LogP contribution in [0.15, 0.2) is 30.5 Å². The molecule has 106 valence electrons. The summed E-state index contributed by atoms with van der Waals surface area (Å²) in [6.45, 7) is 2.55. The van der Waals surface area contributed by atoms with Crippen molar-refractivity contribution in [1.29, 1.82) is 0 Å². The van der Waals surface area contributed by atoms with Crippen molar-refractivity contribution < 1.29 is 4.79 Å². The number of rotatable bonds is 5. The first-order valence-electron chi connectivity index (χ1n) is 7.38. The first-order chi connectivity index (χ1) is 9.84. The van der Waals surface area contributed by atoms with Gasteiger partial charge in [0.05, 0.1) is 5.92 Å². The van der Waals surface area contributed by atoms with Crippen molar-refractivity contribution in [3.8, 4) is 0 Å². The second kappa shape index (κ2) is 6.09. The minimum Gasteiger partial charge on any atom is -0.361 e. The highest BCUT2D eigenvalue weighted by molar-refractivity contribution is 5.83. The van der Waals surface area contributed by atoms with Crippen molar-refractivity contribution in [2.24, 2.45) is 5.92 Å². The molecule has 1 aliphatic heterocycles. The third kappa shape index (κ3) is 2.85. The average Bonchev–Trinajstić information content (AvgIpc) is 3.13. The summed E-state index contributed by atoms with van der Waals surface area (Å²) < 4.78 is 0. The van der Waals surface area contributed by atoms with Gasteiger partial charge in [-0.2, -0.15) is 0 Å². The van der Waals surface area contributed by atoms with Gasteiger partial charge in [0.2, 0.25) is 5.91 Å². The lowest BCUT2D eigenvalue weighted by atomic mass is 10.1. The van der Waals surface area contributed by atoms with Crippen LogP contribution in [0.4, 0.5) is 0 Å². The van der Waals surface area contributed by atoms with Crippen molar-refractivity contribution >= 4 is 16.8 Å². The second-order valence-corrected chi connectivity index (χ2v) is 5.44. The lowest BCUT2D eigenvalue weighted by Crippen LogP contribution is -2.32. The van der Waals surface area contributed by atoms with Gasteiger partial charge in [-0.3, -0.25) is 4.79 Å². The van der Waals surface area contributed by atoms with Crippen LogP contribution in [0.2, 0.25) is 0 Å². The van der Waals surface area contributed by atoms with Gasteiger partial charge in [0.1, 0.15) is 0 Å². The van der Waals surface area contributed by atoms with E-state index in [9.17, 15) is 4.79 Å². The fourth-order valence-corrected chi connectivity index (χ4v) is 2.85. The van der Waals surface area contributed by atoms with Crippen molar-refractivity contribution in [1.82, 2.24) is 15.6 Å². The van der Waals surface area contributed by atoms with Crippen LogP contribution in [0.5, 0.6) is 0 Å². The van der Waals surface area contributed by atoms with Crippen LogP contribution in [0.3, 0.4) is 0 Å². The van der Waals surface area contributed by atoms with E-state index in [1.54, 1.807) is 0 Å². The maximum absolute atomic E-state index is 11.9. The Hall–Kier alpha value is -1.81. The highest BCUT2D eigenvalue weighted by Gasteiger charge is 2.21. The number of carbonyl (C=O) groups excluding carboxylic acids is 1. The first-order valence-corrected chi connectivity index (χ1v) is 7.38. The van der Waals surface area contributed by atoms with E-state index >= 15 is 0 Å². The summed E-state index contributed by atoms with van der Waals surface area (Å²) in [6, 6.07) is 8.34. The Balaban J connectivity index is 1.47. The number of aryl methyl sites for hydroxylation is 1. The summed E-state index contributed by atoms with van der Waals surface area (Å²) in [5.74, 6) is 0.372. The summed E-state index contributed by atoms with van der Waals surface area (Å²) in [5, 5.41) is 7.56. The molecule has 1 amide bonds. The molecule has 0 saturated carbocycles. The fourth-order valence-electron chi connectivity index (χ4n) is 2.85. The molecule has 1 fully saturated rings. The molecule has 1 aromatic carbocycles. The number of benzene rings is 1. The molecule has 4 nitrogen and oxygen atoms in total. The Morgan fingerprint density at radius 2 is 2.25 bits per heavy atom.